The summed E-state index contributed by atoms with van der Waals surface area (Å²) in [7, 11) is -3.96. The molecule has 2 heterocycles. The summed E-state index contributed by atoms with van der Waals surface area (Å²) in [4.78, 5) is 15.5. The number of aromatic nitrogens is 1. The van der Waals surface area contributed by atoms with Crippen molar-refractivity contribution in [2.45, 2.75) is 37.3 Å². The maximum Gasteiger partial charge on any atom is 0.406 e. The van der Waals surface area contributed by atoms with Gasteiger partial charge in [0.15, 0.2) is 6.23 Å². The Bertz CT molecular complexity index is 931. The number of rotatable bonds is 7. The molecule has 28 heavy (non-hydrogen) atoms. The number of ether oxygens (including phenoxy) is 2. The molecule has 0 fully saturated rings. The maximum absolute atomic E-state index is 13.2. The van der Waals surface area contributed by atoms with Gasteiger partial charge in [0.05, 0.1) is 12.8 Å². The molecule has 9 heteroatoms. The lowest BCUT2D eigenvalue weighted by atomic mass is 10.00. The van der Waals surface area contributed by atoms with E-state index in [1.807, 2.05) is 19.1 Å². The van der Waals surface area contributed by atoms with Crippen molar-refractivity contribution in [3.63, 3.8) is 0 Å². The normalized spacial score (nSPS) is 17.0. The zero-order valence-electron chi connectivity index (χ0n) is 15.6. The van der Waals surface area contributed by atoms with Gasteiger partial charge in [0.2, 0.25) is 15.9 Å². The van der Waals surface area contributed by atoms with E-state index in [1.54, 1.807) is 12.1 Å². The largest absolute Gasteiger partial charge is 0.478 e. The predicted octanol–water partition coefficient (Wildman–Crippen LogP) is 2.60. The van der Waals surface area contributed by atoms with Crippen molar-refractivity contribution in [1.82, 2.24) is 9.29 Å². The molecule has 2 aromatic rings. The molecule has 0 aliphatic carbocycles. The van der Waals surface area contributed by atoms with Gasteiger partial charge in [-0.2, -0.15) is 4.31 Å². The summed E-state index contributed by atoms with van der Waals surface area (Å²) in [5.41, 5.74) is 6.71. The fraction of sp³-hybridized carbons (Fsp3) is 0.368. The van der Waals surface area contributed by atoms with Gasteiger partial charge in [-0.3, -0.25) is 0 Å². The standard InChI is InChI=1S/C19H23N3O5S/c1-2-3-12-26-17-9-8-15(13-21-17)28(24,25)22-11-10-14-6-4-5-7-16(14)18(22)27-19(20)23/h4-9,13,18H,2-3,10-12H2,1H3,(H2,20,23). The number of fused-ring (bicyclic) bond motifs is 1. The van der Waals surface area contributed by atoms with Crippen molar-refractivity contribution in [2.24, 2.45) is 5.73 Å². The van der Waals surface area contributed by atoms with Crippen molar-refractivity contribution < 1.29 is 22.7 Å². The molecule has 1 unspecified atom stereocenters. The third-order valence-corrected chi connectivity index (χ3v) is 6.30. The van der Waals surface area contributed by atoms with Gasteiger partial charge in [-0.15, -0.1) is 0 Å². The van der Waals surface area contributed by atoms with Crippen LogP contribution >= 0.6 is 0 Å². The molecule has 8 nitrogen and oxygen atoms in total. The van der Waals surface area contributed by atoms with Crippen LogP contribution in [-0.4, -0.2) is 37.0 Å². The van der Waals surface area contributed by atoms with Crippen LogP contribution in [0.25, 0.3) is 0 Å². The molecule has 1 atom stereocenters. The summed E-state index contributed by atoms with van der Waals surface area (Å²) in [5, 5.41) is 0. The number of unbranched alkanes of at least 4 members (excludes halogenated alkanes) is 1. The van der Waals surface area contributed by atoms with Gasteiger partial charge < -0.3 is 15.2 Å². The average molecular weight is 405 g/mol. The Labute approximate surface area is 164 Å². The Morgan fingerprint density at radius 2 is 2.07 bits per heavy atom. The molecule has 0 saturated carbocycles. The first-order valence-electron chi connectivity index (χ1n) is 9.08. The number of carbonyl (C=O) groups is 1. The van der Waals surface area contributed by atoms with Gasteiger partial charge >= 0.3 is 6.09 Å². The van der Waals surface area contributed by atoms with Crippen LogP contribution in [0.2, 0.25) is 0 Å². The van der Waals surface area contributed by atoms with Crippen LogP contribution in [-0.2, 0) is 21.2 Å². The molecule has 0 spiro atoms. The summed E-state index contributed by atoms with van der Waals surface area (Å²) in [5.74, 6) is 0.362. The van der Waals surface area contributed by atoms with Crippen LogP contribution in [0.15, 0.2) is 47.5 Å². The Morgan fingerprint density at radius 3 is 2.75 bits per heavy atom. The number of nitrogens with zero attached hydrogens (tertiary/aromatic N) is 2. The first kappa shape index (κ1) is 20.1. The molecule has 0 bridgehead atoms. The summed E-state index contributed by atoms with van der Waals surface area (Å²) in [6.45, 7) is 2.73. The topological polar surface area (TPSA) is 112 Å². The predicted molar refractivity (Wildman–Crippen MR) is 102 cm³/mol. The molecule has 1 aliphatic heterocycles. The third-order valence-electron chi connectivity index (χ3n) is 4.48. The number of primary amides is 1. The highest BCUT2D eigenvalue weighted by atomic mass is 32.2. The van der Waals surface area contributed by atoms with Gasteiger partial charge in [0.25, 0.3) is 0 Å². The Hall–Kier alpha value is -2.65. The summed E-state index contributed by atoms with van der Waals surface area (Å²) in [6.07, 6.45) is 1.47. The van der Waals surface area contributed by atoms with Gasteiger partial charge in [-0.1, -0.05) is 37.6 Å². The number of amides is 1. The van der Waals surface area contributed by atoms with Crippen molar-refractivity contribution in [2.75, 3.05) is 13.2 Å². The number of benzene rings is 1. The zero-order valence-corrected chi connectivity index (χ0v) is 16.4. The lowest BCUT2D eigenvalue weighted by molar-refractivity contribution is 0.0295. The van der Waals surface area contributed by atoms with Crippen molar-refractivity contribution in [1.29, 1.82) is 0 Å². The van der Waals surface area contributed by atoms with Gasteiger partial charge in [-0.25, -0.2) is 18.2 Å². The molecule has 1 aromatic heterocycles. The van der Waals surface area contributed by atoms with Gasteiger partial charge in [0.1, 0.15) is 4.90 Å². The molecule has 0 saturated heterocycles. The van der Waals surface area contributed by atoms with E-state index in [1.165, 1.54) is 18.3 Å². The van der Waals surface area contributed by atoms with E-state index in [2.05, 4.69) is 4.98 Å². The van der Waals surface area contributed by atoms with E-state index < -0.39 is 22.3 Å². The second kappa shape index (κ2) is 8.57. The fourth-order valence-electron chi connectivity index (χ4n) is 3.05. The Kier molecular flexibility index (Phi) is 6.15. The summed E-state index contributed by atoms with van der Waals surface area (Å²) >= 11 is 0. The van der Waals surface area contributed by atoms with Crippen LogP contribution in [0.5, 0.6) is 5.88 Å². The molecule has 0 radical (unpaired) electrons. The smallest absolute Gasteiger partial charge is 0.406 e. The molecule has 3 rings (SSSR count). The van der Waals surface area contributed by atoms with Gasteiger partial charge in [-0.05, 0) is 24.5 Å². The molecule has 2 N–H and O–H groups in total. The molecule has 1 amide bonds. The van der Waals surface area contributed by atoms with Crippen molar-refractivity contribution in [3.8, 4) is 5.88 Å². The van der Waals surface area contributed by atoms with Crippen molar-refractivity contribution in [3.05, 3.63) is 53.7 Å². The van der Waals surface area contributed by atoms with E-state index in [0.717, 1.165) is 22.7 Å². The number of hydrogen-bond donors (Lipinski definition) is 1. The Morgan fingerprint density at radius 1 is 1.29 bits per heavy atom. The van der Waals surface area contributed by atoms with E-state index in [9.17, 15) is 13.2 Å². The fourth-order valence-corrected chi connectivity index (χ4v) is 4.48. The van der Waals surface area contributed by atoms with Crippen molar-refractivity contribution >= 4 is 16.1 Å². The van der Waals surface area contributed by atoms with Crippen LogP contribution < -0.4 is 10.5 Å². The van der Waals surface area contributed by atoms with Crippen LogP contribution in [0.1, 0.15) is 37.1 Å². The van der Waals surface area contributed by atoms with E-state index in [0.29, 0.717) is 24.5 Å². The number of hydrogen-bond acceptors (Lipinski definition) is 6. The summed E-state index contributed by atoms with van der Waals surface area (Å²) in [6, 6.07) is 10.2. The average Bonchev–Trinajstić information content (AvgIpc) is 2.68. The Balaban J connectivity index is 1.88. The monoisotopic (exact) mass is 405 g/mol. The van der Waals surface area contributed by atoms with Crippen LogP contribution in [0, 0.1) is 0 Å². The number of nitrogens with two attached hydrogens (primary N) is 1. The number of sulfonamides is 1. The second-order valence-corrected chi connectivity index (χ2v) is 8.28. The molecule has 150 valence electrons. The lowest BCUT2D eigenvalue weighted by Gasteiger charge is -2.34. The van der Waals surface area contributed by atoms with Gasteiger partial charge in [0, 0.05) is 18.2 Å². The highest BCUT2D eigenvalue weighted by Crippen LogP contribution is 2.35. The number of carbonyl (C=O) groups excluding carboxylic acids is 1. The zero-order chi connectivity index (χ0) is 20.1. The highest BCUT2D eigenvalue weighted by molar-refractivity contribution is 7.89. The summed E-state index contributed by atoms with van der Waals surface area (Å²) < 4.78 is 38.1. The van der Waals surface area contributed by atoms with Crippen LogP contribution in [0.4, 0.5) is 4.79 Å². The quantitative estimate of drug-likeness (QED) is 0.709. The second-order valence-electron chi connectivity index (χ2n) is 6.39. The molecule has 1 aromatic carbocycles. The van der Waals surface area contributed by atoms with Crippen LogP contribution in [0.3, 0.4) is 0 Å². The minimum atomic E-state index is -3.96. The maximum atomic E-state index is 13.2. The minimum absolute atomic E-state index is 0.00667. The molecular formula is C19H23N3O5S. The molecular weight excluding hydrogens is 382 g/mol. The first-order chi connectivity index (χ1) is 13.4. The van der Waals surface area contributed by atoms with E-state index in [4.69, 9.17) is 15.2 Å². The lowest BCUT2D eigenvalue weighted by Crippen LogP contribution is -2.42. The third kappa shape index (κ3) is 4.26. The SMILES string of the molecule is CCCCOc1ccc(S(=O)(=O)N2CCc3ccccc3C2OC(N)=O)cn1. The van der Waals surface area contributed by atoms with E-state index in [-0.39, 0.29) is 11.4 Å². The molecule has 1 aliphatic rings. The van der Waals surface area contributed by atoms with E-state index >= 15 is 0 Å². The first-order valence-corrected chi connectivity index (χ1v) is 10.5. The number of pyridine rings is 1. The minimum Gasteiger partial charge on any atom is -0.478 e. The highest BCUT2D eigenvalue weighted by Gasteiger charge is 2.38.